The second kappa shape index (κ2) is 7.11. The van der Waals surface area contributed by atoms with Crippen molar-refractivity contribution in [2.75, 3.05) is 0 Å². The summed E-state index contributed by atoms with van der Waals surface area (Å²) < 4.78 is 0. The maximum atomic E-state index is 12.3. The molecule has 0 heterocycles. The minimum Gasteiger partial charge on any atom is -0.481 e. The van der Waals surface area contributed by atoms with Crippen molar-refractivity contribution in [3.05, 3.63) is 11.6 Å². The standard InChI is InChI=1S/C30H48O3/c1-18-8-9-20(25(32)33)27(4)16-17-29(6)19(24(18)27)10-11-22-28(5)14-13-23(31)26(2,3)21(28)12-15-30(22,29)7/h10,18,20-24,31H,8-9,11-17H2,1-7H3,(H,32,33)/t18-,20-,21-,22+,23+,24+,27-,28-,29+,30+/m0/s1. The Morgan fingerprint density at radius 2 is 1.58 bits per heavy atom. The van der Waals surface area contributed by atoms with E-state index in [1.54, 1.807) is 5.57 Å². The minimum absolute atomic E-state index is 0.0169. The van der Waals surface area contributed by atoms with Gasteiger partial charge in [-0.1, -0.05) is 60.1 Å². The number of hydrogen-bond donors (Lipinski definition) is 2. The van der Waals surface area contributed by atoms with E-state index in [1.807, 2.05) is 0 Å². The molecule has 0 radical (unpaired) electrons. The van der Waals surface area contributed by atoms with Crippen LogP contribution in [0.25, 0.3) is 0 Å². The Balaban J connectivity index is 1.59. The van der Waals surface area contributed by atoms with Gasteiger partial charge in [-0.25, -0.2) is 0 Å². The Hall–Kier alpha value is -0.830. The van der Waals surface area contributed by atoms with Gasteiger partial charge in [-0.3, -0.25) is 4.79 Å². The molecular formula is C30H48O3. The molecule has 5 rings (SSSR count). The number of carbonyl (C=O) groups is 1. The lowest BCUT2D eigenvalue weighted by Crippen LogP contribution is -2.65. The molecule has 3 heteroatoms. The first-order valence-electron chi connectivity index (χ1n) is 13.8. The predicted molar refractivity (Wildman–Crippen MR) is 133 cm³/mol. The van der Waals surface area contributed by atoms with Crippen LogP contribution in [-0.4, -0.2) is 22.3 Å². The summed E-state index contributed by atoms with van der Waals surface area (Å²) in [6.07, 6.45) is 12.1. The zero-order valence-electron chi connectivity index (χ0n) is 22.2. The van der Waals surface area contributed by atoms with Crippen LogP contribution in [0.2, 0.25) is 0 Å². The molecule has 4 fully saturated rings. The number of allylic oxidation sites excluding steroid dienone is 2. The van der Waals surface area contributed by atoms with E-state index in [4.69, 9.17) is 0 Å². The highest BCUT2D eigenvalue weighted by atomic mass is 16.4. The lowest BCUT2D eigenvalue weighted by molar-refractivity contribution is -0.205. The number of carboxylic acid groups (broad SMARTS) is 1. The number of rotatable bonds is 1. The normalized spacial score (nSPS) is 55.3. The van der Waals surface area contributed by atoms with E-state index < -0.39 is 5.97 Å². The molecule has 0 aliphatic heterocycles. The van der Waals surface area contributed by atoms with Crippen LogP contribution in [0.1, 0.15) is 106 Å². The number of hydrogen-bond acceptors (Lipinski definition) is 2. The van der Waals surface area contributed by atoms with Crippen molar-refractivity contribution in [2.45, 2.75) is 112 Å². The highest BCUT2D eigenvalue weighted by molar-refractivity contribution is 5.71. The van der Waals surface area contributed by atoms with Crippen molar-refractivity contribution < 1.29 is 15.0 Å². The number of fused-ring (bicyclic) bond motifs is 7. The van der Waals surface area contributed by atoms with Gasteiger partial charge in [0.05, 0.1) is 12.0 Å². The van der Waals surface area contributed by atoms with Gasteiger partial charge in [-0.15, -0.1) is 0 Å². The van der Waals surface area contributed by atoms with Crippen molar-refractivity contribution in [1.29, 1.82) is 0 Å². The van der Waals surface area contributed by atoms with Crippen molar-refractivity contribution in [2.24, 2.45) is 56.7 Å². The van der Waals surface area contributed by atoms with Crippen molar-refractivity contribution >= 4 is 5.97 Å². The molecular weight excluding hydrogens is 408 g/mol. The van der Waals surface area contributed by atoms with Gasteiger partial charge in [0, 0.05) is 0 Å². The highest BCUT2D eigenvalue weighted by Gasteiger charge is 2.68. The monoisotopic (exact) mass is 456 g/mol. The van der Waals surface area contributed by atoms with Crippen molar-refractivity contribution in [3.8, 4) is 0 Å². The van der Waals surface area contributed by atoms with Gasteiger partial charge in [0.1, 0.15) is 0 Å². The van der Waals surface area contributed by atoms with Gasteiger partial charge in [0.25, 0.3) is 0 Å². The molecule has 5 aliphatic carbocycles. The van der Waals surface area contributed by atoms with E-state index in [0.29, 0.717) is 23.7 Å². The number of aliphatic hydroxyl groups is 1. The zero-order valence-corrected chi connectivity index (χ0v) is 22.2. The van der Waals surface area contributed by atoms with E-state index >= 15 is 0 Å². The van der Waals surface area contributed by atoms with Crippen LogP contribution < -0.4 is 0 Å². The topological polar surface area (TPSA) is 57.5 Å². The average Bonchev–Trinajstić information content (AvgIpc) is 2.71. The third kappa shape index (κ3) is 2.81. The van der Waals surface area contributed by atoms with Crippen LogP contribution in [-0.2, 0) is 4.79 Å². The number of aliphatic carboxylic acids is 1. The van der Waals surface area contributed by atoms with Gasteiger partial charge in [-0.05, 0) is 109 Å². The molecule has 0 amide bonds. The van der Waals surface area contributed by atoms with Gasteiger partial charge in [0.15, 0.2) is 0 Å². The third-order valence-corrected chi connectivity index (χ3v) is 13.3. The molecule has 33 heavy (non-hydrogen) atoms. The molecule has 0 bridgehead atoms. The Bertz CT molecular complexity index is 874. The van der Waals surface area contributed by atoms with Crippen LogP contribution >= 0.6 is 0 Å². The van der Waals surface area contributed by atoms with E-state index in [1.165, 1.54) is 12.8 Å². The van der Waals surface area contributed by atoms with Gasteiger partial charge >= 0.3 is 5.97 Å². The summed E-state index contributed by atoms with van der Waals surface area (Å²) in [7, 11) is 0. The Labute approximate surface area is 201 Å². The van der Waals surface area contributed by atoms with Crippen LogP contribution in [0.15, 0.2) is 11.6 Å². The second-order valence-electron chi connectivity index (χ2n) is 14.6. The Morgan fingerprint density at radius 3 is 2.24 bits per heavy atom. The molecule has 5 aliphatic rings. The largest absolute Gasteiger partial charge is 0.481 e. The average molecular weight is 457 g/mol. The Morgan fingerprint density at radius 1 is 0.879 bits per heavy atom. The summed E-state index contributed by atoms with van der Waals surface area (Å²) in [5, 5.41) is 21.0. The van der Waals surface area contributed by atoms with Crippen LogP contribution in [0.4, 0.5) is 0 Å². The van der Waals surface area contributed by atoms with Crippen molar-refractivity contribution in [1.82, 2.24) is 0 Å². The molecule has 3 nitrogen and oxygen atoms in total. The summed E-state index contributed by atoms with van der Waals surface area (Å²) in [5.41, 5.74) is 2.17. The van der Waals surface area contributed by atoms with E-state index in [0.717, 1.165) is 44.9 Å². The molecule has 4 saturated carbocycles. The second-order valence-corrected chi connectivity index (χ2v) is 14.6. The molecule has 0 spiro atoms. The first-order valence-corrected chi connectivity index (χ1v) is 13.8. The molecule has 0 aromatic heterocycles. The summed E-state index contributed by atoms with van der Waals surface area (Å²) in [6.45, 7) is 17.1. The molecule has 2 N–H and O–H groups in total. The summed E-state index contributed by atoms with van der Waals surface area (Å²) in [6, 6.07) is 0. The van der Waals surface area contributed by atoms with Gasteiger partial charge < -0.3 is 10.2 Å². The molecule has 0 aromatic carbocycles. The quantitative estimate of drug-likeness (QED) is 0.414. The lowest BCUT2D eigenvalue weighted by atomic mass is 9.33. The van der Waals surface area contributed by atoms with E-state index in [-0.39, 0.29) is 39.1 Å². The smallest absolute Gasteiger partial charge is 0.307 e. The van der Waals surface area contributed by atoms with Crippen molar-refractivity contribution in [3.63, 3.8) is 0 Å². The fraction of sp³-hybridized carbons (Fsp3) is 0.900. The molecule has 0 unspecified atom stereocenters. The first kappa shape index (κ1) is 23.9. The number of aliphatic hydroxyl groups excluding tert-OH is 1. The van der Waals surface area contributed by atoms with Gasteiger partial charge in [-0.2, -0.15) is 0 Å². The minimum atomic E-state index is -0.575. The summed E-state index contributed by atoms with van der Waals surface area (Å²) in [5.74, 6) is 1.40. The van der Waals surface area contributed by atoms with E-state index in [2.05, 4.69) is 54.5 Å². The zero-order chi connectivity index (χ0) is 24.2. The molecule has 0 saturated heterocycles. The SMILES string of the molecule is C[C@H]1CC[C@@H](C(=O)O)[C@]2(C)CC[C@]3(C)C(=CC[C@@H]4[C@@]5(C)CC[C@@H](O)C(C)(C)[C@@H]5CC[C@]43C)[C@@H]12. The fourth-order valence-corrected chi connectivity index (χ4v) is 11.1. The highest BCUT2D eigenvalue weighted by Crippen LogP contribution is 2.75. The first-order chi connectivity index (χ1) is 15.2. The maximum absolute atomic E-state index is 12.3. The van der Waals surface area contributed by atoms with Crippen LogP contribution in [0, 0.1) is 56.7 Å². The summed E-state index contributed by atoms with van der Waals surface area (Å²) >= 11 is 0. The third-order valence-electron chi connectivity index (χ3n) is 13.3. The van der Waals surface area contributed by atoms with Crippen LogP contribution in [0.3, 0.4) is 0 Å². The summed E-state index contributed by atoms with van der Waals surface area (Å²) in [4.78, 5) is 12.3. The molecule has 10 atom stereocenters. The van der Waals surface area contributed by atoms with E-state index in [9.17, 15) is 15.0 Å². The molecule has 0 aromatic rings. The fourth-order valence-electron chi connectivity index (χ4n) is 11.1. The van der Waals surface area contributed by atoms with Gasteiger partial charge in [0.2, 0.25) is 0 Å². The predicted octanol–water partition coefficient (Wildman–Crippen LogP) is 7.09. The lowest BCUT2D eigenvalue weighted by Gasteiger charge is -2.71. The maximum Gasteiger partial charge on any atom is 0.307 e. The Kier molecular flexibility index (Phi) is 5.15. The number of carboxylic acids is 1. The molecule has 186 valence electrons. The van der Waals surface area contributed by atoms with Crippen LogP contribution in [0.5, 0.6) is 0 Å².